The van der Waals surface area contributed by atoms with E-state index in [-0.39, 0.29) is 11.8 Å². The zero-order valence-electron chi connectivity index (χ0n) is 14.6. The van der Waals surface area contributed by atoms with Gasteiger partial charge in [0.2, 0.25) is 0 Å². The van der Waals surface area contributed by atoms with E-state index in [2.05, 4.69) is 55.7 Å². The van der Waals surface area contributed by atoms with Gasteiger partial charge in [-0.25, -0.2) is 0 Å². The Hall–Kier alpha value is -2.20. The van der Waals surface area contributed by atoms with E-state index in [1.165, 1.54) is 11.1 Å². The average molecular weight is 340 g/mol. The number of thiocarbonyl (C=S) groups is 1. The lowest BCUT2D eigenvalue weighted by atomic mass is 10.00. The number of carbonyl (C=O) groups is 1. The first kappa shape index (κ1) is 18.1. The van der Waals surface area contributed by atoms with Crippen molar-refractivity contribution < 1.29 is 4.79 Å². The van der Waals surface area contributed by atoms with Gasteiger partial charge in [-0.3, -0.25) is 4.79 Å². The molecule has 0 radical (unpaired) electrons. The molecular weight excluding hydrogens is 316 g/mol. The molecule has 0 aromatic heterocycles. The highest BCUT2D eigenvalue weighted by atomic mass is 32.1. The van der Waals surface area contributed by atoms with Crippen molar-refractivity contribution >= 4 is 28.8 Å². The van der Waals surface area contributed by atoms with Gasteiger partial charge in [-0.05, 0) is 67.4 Å². The molecule has 0 bridgehead atoms. The van der Waals surface area contributed by atoms with Gasteiger partial charge in [-0.1, -0.05) is 38.1 Å². The van der Waals surface area contributed by atoms with Crippen LogP contribution in [0.4, 0.5) is 5.69 Å². The number of hydrogen-bond donors (Lipinski definition) is 2. The molecule has 0 heterocycles. The number of carbonyl (C=O) groups excluding carboxylic acids is 1. The fourth-order valence-electron chi connectivity index (χ4n) is 2.41. The highest BCUT2D eigenvalue weighted by Gasteiger charge is 2.08. The molecule has 0 saturated heterocycles. The molecule has 0 amide bonds. The molecule has 0 aliphatic heterocycles. The second-order valence-electron chi connectivity index (χ2n) is 6.28. The molecule has 0 aliphatic carbocycles. The first-order chi connectivity index (χ1) is 11.4. The molecule has 0 spiro atoms. The molecule has 126 valence electrons. The Morgan fingerprint density at radius 3 is 1.96 bits per heavy atom. The summed E-state index contributed by atoms with van der Waals surface area (Å²) in [6.07, 6.45) is 0. The van der Waals surface area contributed by atoms with E-state index in [4.69, 9.17) is 12.2 Å². The molecule has 3 nitrogen and oxygen atoms in total. The van der Waals surface area contributed by atoms with Crippen LogP contribution in [0.25, 0.3) is 0 Å². The molecule has 4 heteroatoms. The summed E-state index contributed by atoms with van der Waals surface area (Å²) >= 11 is 5.37. The van der Waals surface area contributed by atoms with E-state index in [0.717, 1.165) is 5.69 Å². The smallest absolute Gasteiger partial charge is 0.171 e. The molecule has 1 atom stereocenters. The van der Waals surface area contributed by atoms with Crippen LogP contribution in [0.1, 0.15) is 61.1 Å². The number of nitrogens with one attached hydrogen (secondary N) is 2. The minimum Gasteiger partial charge on any atom is -0.356 e. The van der Waals surface area contributed by atoms with Gasteiger partial charge in [0.05, 0.1) is 6.04 Å². The highest BCUT2D eigenvalue weighted by Crippen LogP contribution is 2.19. The van der Waals surface area contributed by atoms with E-state index in [9.17, 15) is 4.79 Å². The van der Waals surface area contributed by atoms with Crippen LogP contribution in [0.15, 0.2) is 48.5 Å². The molecule has 2 aromatic rings. The number of hydrogen-bond acceptors (Lipinski definition) is 2. The maximum Gasteiger partial charge on any atom is 0.171 e. The van der Waals surface area contributed by atoms with Crippen molar-refractivity contribution in [1.82, 2.24) is 5.32 Å². The Kier molecular flexibility index (Phi) is 6.10. The predicted molar refractivity (Wildman–Crippen MR) is 105 cm³/mol. The van der Waals surface area contributed by atoms with E-state index >= 15 is 0 Å². The molecular formula is C20H24N2OS. The predicted octanol–water partition coefficient (Wildman–Crippen LogP) is 5.06. The molecule has 0 aliphatic rings. The average Bonchev–Trinajstić information content (AvgIpc) is 2.55. The standard InChI is InChI=1S/C20H24N2OS/c1-13(2)16-5-7-17(8-6-16)14(3)21-20(24)22-19-11-9-18(10-12-19)15(4)23/h5-14H,1-4H3,(H2,21,22,24). The maximum absolute atomic E-state index is 11.3. The third-order valence-corrected chi connectivity index (χ3v) is 4.22. The number of ketones is 1. The molecule has 2 N–H and O–H groups in total. The van der Waals surface area contributed by atoms with Crippen LogP contribution in [0.5, 0.6) is 0 Å². The number of rotatable bonds is 5. The lowest BCUT2D eigenvalue weighted by molar-refractivity contribution is 0.101. The minimum atomic E-state index is 0.0562. The second kappa shape index (κ2) is 8.06. The molecule has 2 aromatic carbocycles. The van der Waals surface area contributed by atoms with Crippen LogP contribution in [-0.4, -0.2) is 10.9 Å². The monoisotopic (exact) mass is 340 g/mol. The molecule has 2 rings (SSSR count). The van der Waals surface area contributed by atoms with Gasteiger partial charge in [0, 0.05) is 11.3 Å². The van der Waals surface area contributed by atoms with Gasteiger partial charge in [-0.15, -0.1) is 0 Å². The third-order valence-electron chi connectivity index (χ3n) is 4.00. The second-order valence-corrected chi connectivity index (χ2v) is 6.68. The zero-order chi connectivity index (χ0) is 17.7. The molecule has 0 saturated carbocycles. The van der Waals surface area contributed by atoms with Gasteiger partial charge >= 0.3 is 0 Å². The first-order valence-corrected chi connectivity index (χ1v) is 8.56. The van der Waals surface area contributed by atoms with Crippen molar-refractivity contribution in [3.05, 3.63) is 65.2 Å². The Morgan fingerprint density at radius 2 is 1.46 bits per heavy atom. The normalized spacial score (nSPS) is 11.9. The first-order valence-electron chi connectivity index (χ1n) is 8.15. The summed E-state index contributed by atoms with van der Waals surface area (Å²) in [5.41, 5.74) is 4.07. The summed E-state index contributed by atoms with van der Waals surface area (Å²) in [4.78, 5) is 11.3. The largest absolute Gasteiger partial charge is 0.356 e. The van der Waals surface area contributed by atoms with Crippen molar-refractivity contribution in [3.63, 3.8) is 0 Å². The van der Waals surface area contributed by atoms with E-state index in [1.54, 1.807) is 19.1 Å². The van der Waals surface area contributed by atoms with Crippen LogP contribution in [0.3, 0.4) is 0 Å². The van der Waals surface area contributed by atoms with Crippen molar-refractivity contribution in [2.45, 2.75) is 39.7 Å². The van der Waals surface area contributed by atoms with Crippen molar-refractivity contribution in [1.29, 1.82) is 0 Å². The lowest BCUT2D eigenvalue weighted by Gasteiger charge is -2.18. The van der Waals surface area contributed by atoms with Gasteiger partial charge < -0.3 is 10.6 Å². The van der Waals surface area contributed by atoms with Crippen LogP contribution in [0, 0.1) is 0 Å². The maximum atomic E-state index is 11.3. The topological polar surface area (TPSA) is 41.1 Å². The van der Waals surface area contributed by atoms with Gasteiger partial charge in [-0.2, -0.15) is 0 Å². The summed E-state index contributed by atoms with van der Waals surface area (Å²) in [5.74, 6) is 0.587. The van der Waals surface area contributed by atoms with Gasteiger partial charge in [0.25, 0.3) is 0 Å². The van der Waals surface area contributed by atoms with Crippen molar-refractivity contribution in [2.24, 2.45) is 0 Å². The Labute approximate surface area is 149 Å². The highest BCUT2D eigenvalue weighted by molar-refractivity contribution is 7.80. The third kappa shape index (κ3) is 4.90. The van der Waals surface area contributed by atoms with Crippen LogP contribution in [0.2, 0.25) is 0 Å². The number of Topliss-reactive ketones (excluding diaryl/α,β-unsaturated/α-hetero) is 1. The van der Waals surface area contributed by atoms with Gasteiger partial charge in [0.15, 0.2) is 10.9 Å². The molecule has 1 unspecified atom stereocenters. The lowest BCUT2D eigenvalue weighted by Crippen LogP contribution is -2.30. The number of benzene rings is 2. The Bertz CT molecular complexity index is 705. The summed E-state index contributed by atoms with van der Waals surface area (Å²) in [6.45, 7) is 8.01. The summed E-state index contributed by atoms with van der Waals surface area (Å²) < 4.78 is 0. The fourth-order valence-corrected chi connectivity index (χ4v) is 2.70. The molecule has 0 fully saturated rings. The zero-order valence-corrected chi connectivity index (χ0v) is 15.4. The van der Waals surface area contributed by atoms with Crippen molar-refractivity contribution in [2.75, 3.05) is 5.32 Å². The van der Waals surface area contributed by atoms with Crippen LogP contribution < -0.4 is 10.6 Å². The summed E-state index contributed by atoms with van der Waals surface area (Å²) in [7, 11) is 0. The van der Waals surface area contributed by atoms with Crippen LogP contribution >= 0.6 is 12.2 Å². The summed E-state index contributed by atoms with van der Waals surface area (Å²) in [5, 5.41) is 6.99. The SMILES string of the molecule is CC(=O)c1ccc(NC(=S)NC(C)c2ccc(C(C)C)cc2)cc1. The van der Waals surface area contributed by atoms with E-state index in [1.807, 2.05) is 12.1 Å². The quantitative estimate of drug-likeness (QED) is 0.589. The summed E-state index contributed by atoms with van der Waals surface area (Å²) in [6, 6.07) is 16.0. The Morgan fingerprint density at radius 1 is 0.917 bits per heavy atom. The minimum absolute atomic E-state index is 0.0562. The molecule has 24 heavy (non-hydrogen) atoms. The van der Waals surface area contributed by atoms with E-state index < -0.39 is 0 Å². The van der Waals surface area contributed by atoms with Crippen molar-refractivity contribution in [3.8, 4) is 0 Å². The van der Waals surface area contributed by atoms with Gasteiger partial charge in [0.1, 0.15) is 0 Å². The Balaban J connectivity index is 1.94. The fraction of sp³-hybridized carbons (Fsp3) is 0.300. The van der Waals surface area contributed by atoms with Crippen LogP contribution in [-0.2, 0) is 0 Å². The number of anilines is 1. The van der Waals surface area contributed by atoms with E-state index in [0.29, 0.717) is 16.6 Å².